The van der Waals surface area contributed by atoms with E-state index in [4.69, 9.17) is 0 Å². The van der Waals surface area contributed by atoms with Gasteiger partial charge < -0.3 is 15.3 Å². The average Bonchev–Trinajstić information content (AvgIpc) is 3.49. The van der Waals surface area contributed by atoms with Crippen LogP contribution in [0.2, 0.25) is 0 Å². The van der Waals surface area contributed by atoms with Crippen LogP contribution in [-0.2, 0) is 20.9 Å². The van der Waals surface area contributed by atoms with Crippen molar-refractivity contribution in [3.8, 4) is 0 Å². The molecule has 1 aliphatic heterocycles. The highest BCUT2D eigenvalue weighted by molar-refractivity contribution is 5.89. The van der Waals surface area contributed by atoms with Crippen LogP contribution in [0.15, 0.2) is 30.3 Å². The standard InChI is InChI=1S/C23H34N4O5/c28-16-26(32)15-19(13-17-7-4-5-8-17)22(30)27-12-6-11-20(27)21(29)25-23(31)24-14-18-9-2-1-3-10-18/h1-3,9-10,16-17,19-20,23-24,31-32H,4-8,11-15H2,(H,25,29)/t19-,20+,23?/m1/s1. The number of hydroxylamine groups is 2. The lowest BCUT2D eigenvalue weighted by molar-refractivity contribution is -0.158. The highest BCUT2D eigenvalue weighted by atomic mass is 16.5. The summed E-state index contributed by atoms with van der Waals surface area (Å²) in [6, 6.07) is 8.83. The van der Waals surface area contributed by atoms with E-state index in [9.17, 15) is 24.7 Å². The number of likely N-dealkylation sites (tertiary alicyclic amines) is 1. The van der Waals surface area contributed by atoms with E-state index >= 15 is 0 Å². The van der Waals surface area contributed by atoms with Crippen molar-refractivity contribution in [1.82, 2.24) is 20.6 Å². The molecule has 1 aliphatic carbocycles. The molecule has 2 fully saturated rings. The van der Waals surface area contributed by atoms with Gasteiger partial charge in [0.25, 0.3) is 0 Å². The van der Waals surface area contributed by atoms with E-state index in [1.165, 1.54) is 4.90 Å². The number of hydrogen-bond donors (Lipinski definition) is 4. The Balaban J connectivity index is 1.57. The monoisotopic (exact) mass is 446 g/mol. The third kappa shape index (κ3) is 6.75. The average molecular weight is 447 g/mol. The first-order valence-electron chi connectivity index (χ1n) is 11.4. The molecular formula is C23H34N4O5. The van der Waals surface area contributed by atoms with E-state index < -0.39 is 24.2 Å². The number of rotatable bonds is 11. The summed E-state index contributed by atoms with van der Waals surface area (Å²) in [7, 11) is 0. The quantitative estimate of drug-likeness (QED) is 0.175. The fourth-order valence-corrected chi connectivity index (χ4v) is 4.80. The summed E-state index contributed by atoms with van der Waals surface area (Å²) < 4.78 is 0. The second-order valence-electron chi connectivity index (χ2n) is 8.78. The number of hydrogen-bond acceptors (Lipinski definition) is 6. The number of amides is 3. The van der Waals surface area contributed by atoms with Crippen molar-refractivity contribution < 1.29 is 24.7 Å². The highest BCUT2D eigenvalue weighted by Gasteiger charge is 2.39. The summed E-state index contributed by atoms with van der Waals surface area (Å²) >= 11 is 0. The van der Waals surface area contributed by atoms with Crippen molar-refractivity contribution in [2.24, 2.45) is 11.8 Å². The van der Waals surface area contributed by atoms with E-state index in [0.717, 1.165) is 31.2 Å². The van der Waals surface area contributed by atoms with Gasteiger partial charge in [-0.15, -0.1) is 0 Å². The van der Waals surface area contributed by atoms with Gasteiger partial charge in [-0.25, -0.2) is 5.06 Å². The van der Waals surface area contributed by atoms with Gasteiger partial charge in [0.05, 0.1) is 12.5 Å². The molecule has 0 spiro atoms. The predicted molar refractivity (Wildman–Crippen MR) is 117 cm³/mol. The van der Waals surface area contributed by atoms with Crippen LogP contribution in [-0.4, -0.2) is 64.0 Å². The lowest BCUT2D eigenvalue weighted by atomic mass is 9.91. The zero-order valence-electron chi connectivity index (χ0n) is 18.4. The lowest BCUT2D eigenvalue weighted by Gasteiger charge is -2.30. The van der Waals surface area contributed by atoms with Crippen molar-refractivity contribution >= 4 is 18.2 Å². The van der Waals surface area contributed by atoms with Gasteiger partial charge in [-0.05, 0) is 30.7 Å². The van der Waals surface area contributed by atoms with Crippen molar-refractivity contribution in [2.75, 3.05) is 13.1 Å². The van der Waals surface area contributed by atoms with Crippen LogP contribution in [0, 0.1) is 11.8 Å². The molecule has 32 heavy (non-hydrogen) atoms. The van der Waals surface area contributed by atoms with Gasteiger partial charge in [-0.2, -0.15) is 0 Å². The lowest BCUT2D eigenvalue weighted by Crippen LogP contribution is -2.54. The number of aliphatic hydroxyl groups excluding tert-OH is 1. The summed E-state index contributed by atoms with van der Waals surface area (Å²) in [5, 5.41) is 25.8. The third-order valence-electron chi connectivity index (χ3n) is 6.43. The molecule has 1 saturated carbocycles. The van der Waals surface area contributed by atoms with E-state index in [1.54, 1.807) is 0 Å². The van der Waals surface area contributed by atoms with Gasteiger partial charge in [-0.3, -0.25) is 24.9 Å². The Bertz CT molecular complexity index is 756. The molecule has 3 atom stereocenters. The molecule has 176 valence electrons. The topological polar surface area (TPSA) is 122 Å². The molecular weight excluding hydrogens is 412 g/mol. The Morgan fingerprint density at radius 2 is 1.88 bits per heavy atom. The van der Waals surface area contributed by atoms with Gasteiger partial charge in [0.2, 0.25) is 18.2 Å². The van der Waals surface area contributed by atoms with Crippen LogP contribution in [0.1, 0.15) is 50.5 Å². The van der Waals surface area contributed by atoms with Crippen molar-refractivity contribution in [3.63, 3.8) is 0 Å². The van der Waals surface area contributed by atoms with E-state index in [2.05, 4.69) is 10.6 Å². The van der Waals surface area contributed by atoms with Crippen molar-refractivity contribution in [2.45, 2.75) is 63.9 Å². The first-order chi connectivity index (χ1) is 15.5. The van der Waals surface area contributed by atoms with Crippen molar-refractivity contribution in [3.05, 3.63) is 35.9 Å². The fraction of sp³-hybridized carbons (Fsp3) is 0.609. The second-order valence-corrected chi connectivity index (χ2v) is 8.78. The first kappa shape index (κ1) is 24.2. The molecule has 3 amide bonds. The minimum Gasteiger partial charge on any atom is -0.361 e. The molecule has 4 N–H and O–H groups in total. The number of benzene rings is 1. The van der Waals surface area contributed by atoms with E-state index in [1.807, 2.05) is 30.3 Å². The van der Waals surface area contributed by atoms with Crippen LogP contribution in [0.25, 0.3) is 0 Å². The Labute approximate surface area is 188 Å². The molecule has 1 saturated heterocycles. The molecule has 1 aromatic carbocycles. The van der Waals surface area contributed by atoms with Gasteiger partial charge in [0.15, 0.2) is 6.35 Å². The zero-order chi connectivity index (χ0) is 22.9. The number of nitrogens with one attached hydrogen (secondary N) is 2. The Hall–Kier alpha value is -2.49. The molecule has 9 heteroatoms. The SMILES string of the molecule is O=CN(O)C[C@@H](CC1CCCC1)C(=O)N1CCC[C@H]1C(=O)NC(O)NCc1ccccc1. The molecule has 0 radical (unpaired) electrons. The molecule has 3 rings (SSSR count). The number of aliphatic hydroxyl groups is 1. The smallest absolute Gasteiger partial charge is 0.245 e. The summed E-state index contributed by atoms with van der Waals surface area (Å²) in [4.78, 5) is 38.6. The largest absolute Gasteiger partial charge is 0.361 e. The zero-order valence-corrected chi connectivity index (χ0v) is 18.4. The van der Waals surface area contributed by atoms with Crippen LogP contribution >= 0.6 is 0 Å². The fourth-order valence-electron chi connectivity index (χ4n) is 4.80. The van der Waals surface area contributed by atoms with Crippen LogP contribution in [0.4, 0.5) is 0 Å². The maximum absolute atomic E-state index is 13.3. The molecule has 9 nitrogen and oxygen atoms in total. The third-order valence-corrected chi connectivity index (χ3v) is 6.43. The molecule has 0 aromatic heterocycles. The Morgan fingerprint density at radius 1 is 1.16 bits per heavy atom. The maximum Gasteiger partial charge on any atom is 0.245 e. The van der Waals surface area contributed by atoms with Gasteiger partial charge in [0.1, 0.15) is 6.04 Å². The molecule has 2 aliphatic rings. The minimum atomic E-state index is -1.24. The van der Waals surface area contributed by atoms with Crippen LogP contribution in [0.5, 0.6) is 0 Å². The first-order valence-corrected chi connectivity index (χ1v) is 11.4. The number of nitrogens with zero attached hydrogens (tertiary/aromatic N) is 2. The highest BCUT2D eigenvalue weighted by Crippen LogP contribution is 2.32. The van der Waals surface area contributed by atoms with Gasteiger partial charge in [0, 0.05) is 13.1 Å². The normalized spacial score (nSPS) is 20.7. The Morgan fingerprint density at radius 3 is 2.56 bits per heavy atom. The van der Waals surface area contributed by atoms with E-state index in [-0.39, 0.29) is 12.5 Å². The molecule has 1 heterocycles. The number of carbonyl (C=O) groups is 3. The van der Waals surface area contributed by atoms with Crippen LogP contribution < -0.4 is 10.6 Å². The van der Waals surface area contributed by atoms with Crippen LogP contribution in [0.3, 0.4) is 0 Å². The summed E-state index contributed by atoms with van der Waals surface area (Å²) in [5.74, 6) is -0.798. The van der Waals surface area contributed by atoms with E-state index in [0.29, 0.717) is 49.7 Å². The second kappa shape index (κ2) is 11.9. The van der Waals surface area contributed by atoms with Gasteiger partial charge >= 0.3 is 0 Å². The number of carbonyl (C=O) groups excluding carboxylic acids is 3. The summed E-state index contributed by atoms with van der Waals surface area (Å²) in [6.45, 7) is 0.750. The Kier molecular flexibility index (Phi) is 9.01. The van der Waals surface area contributed by atoms with Crippen molar-refractivity contribution in [1.29, 1.82) is 0 Å². The maximum atomic E-state index is 13.3. The summed E-state index contributed by atoms with van der Waals surface area (Å²) in [6.07, 6.45) is 5.19. The van der Waals surface area contributed by atoms with Gasteiger partial charge in [-0.1, -0.05) is 56.0 Å². The molecule has 1 unspecified atom stereocenters. The summed E-state index contributed by atoms with van der Waals surface area (Å²) in [5.41, 5.74) is 0.969. The predicted octanol–water partition coefficient (Wildman–Crippen LogP) is 1.20. The molecule has 1 aromatic rings. The minimum absolute atomic E-state index is 0.0784. The molecule has 0 bridgehead atoms.